The fraction of sp³-hybridized carbons (Fsp3) is 0.333. The molecule has 53 valence electrons. The van der Waals surface area contributed by atoms with Crippen LogP contribution in [0.5, 0.6) is 0 Å². The normalized spacial score (nSPS) is 9.80. The highest BCUT2D eigenvalue weighted by atomic mass is 14.6. The van der Waals surface area contributed by atoms with Gasteiger partial charge in [-0.1, -0.05) is 13.0 Å². The van der Waals surface area contributed by atoms with Crippen molar-refractivity contribution in [2.45, 2.75) is 20.3 Å². The molecule has 1 aromatic rings. The number of nitrogens with zero attached hydrogens (tertiary/aromatic N) is 1. The SMILES string of the molecule is CC[CH]c1ccc(C)nc1. The summed E-state index contributed by atoms with van der Waals surface area (Å²) >= 11 is 0. The minimum atomic E-state index is 1.07. The smallest absolute Gasteiger partial charge is 0.0372 e. The zero-order valence-corrected chi connectivity index (χ0v) is 6.46. The Morgan fingerprint density at radius 2 is 2.30 bits per heavy atom. The lowest BCUT2D eigenvalue weighted by Crippen LogP contribution is -1.83. The maximum absolute atomic E-state index is 4.17. The second-order valence-electron chi connectivity index (χ2n) is 2.35. The highest BCUT2D eigenvalue weighted by Crippen LogP contribution is 2.03. The lowest BCUT2D eigenvalue weighted by atomic mass is 10.2. The molecule has 0 spiro atoms. The molecule has 10 heavy (non-hydrogen) atoms. The third kappa shape index (κ3) is 1.83. The summed E-state index contributed by atoms with van der Waals surface area (Å²) in [6.07, 6.45) is 5.13. The monoisotopic (exact) mass is 134 g/mol. The van der Waals surface area contributed by atoms with Crippen LogP contribution < -0.4 is 0 Å². The van der Waals surface area contributed by atoms with Crippen LogP contribution >= 0.6 is 0 Å². The molecule has 1 radical (unpaired) electrons. The fourth-order valence-corrected chi connectivity index (χ4v) is 0.836. The van der Waals surface area contributed by atoms with Gasteiger partial charge in [-0.3, -0.25) is 4.98 Å². The molecule has 0 unspecified atom stereocenters. The van der Waals surface area contributed by atoms with E-state index < -0.39 is 0 Å². The maximum Gasteiger partial charge on any atom is 0.0372 e. The van der Waals surface area contributed by atoms with Crippen molar-refractivity contribution in [1.29, 1.82) is 0 Å². The molecule has 1 aromatic heterocycles. The minimum absolute atomic E-state index is 1.07. The number of hydrogen-bond acceptors (Lipinski definition) is 1. The molecule has 1 nitrogen and oxygen atoms in total. The van der Waals surface area contributed by atoms with Crippen LogP contribution in [-0.4, -0.2) is 4.98 Å². The van der Waals surface area contributed by atoms with Crippen LogP contribution in [0, 0.1) is 13.3 Å². The van der Waals surface area contributed by atoms with Gasteiger partial charge in [0.15, 0.2) is 0 Å². The van der Waals surface area contributed by atoms with Crippen LogP contribution in [0.1, 0.15) is 24.6 Å². The molecule has 0 aromatic carbocycles. The Balaban J connectivity index is 2.69. The van der Waals surface area contributed by atoms with Crippen molar-refractivity contribution in [3.05, 3.63) is 36.0 Å². The molecule has 0 saturated carbocycles. The van der Waals surface area contributed by atoms with Crippen molar-refractivity contribution in [2.24, 2.45) is 0 Å². The van der Waals surface area contributed by atoms with Gasteiger partial charge in [0.2, 0.25) is 0 Å². The summed E-state index contributed by atoms with van der Waals surface area (Å²) in [5.74, 6) is 0. The van der Waals surface area contributed by atoms with E-state index in [1.165, 1.54) is 5.56 Å². The highest BCUT2D eigenvalue weighted by molar-refractivity contribution is 5.20. The van der Waals surface area contributed by atoms with Gasteiger partial charge in [-0.2, -0.15) is 0 Å². The zero-order chi connectivity index (χ0) is 7.40. The summed E-state index contributed by atoms with van der Waals surface area (Å²) < 4.78 is 0. The molecule has 0 N–H and O–H groups in total. The van der Waals surface area contributed by atoms with Crippen LogP contribution in [0.3, 0.4) is 0 Å². The molecule has 0 aliphatic carbocycles. The van der Waals surface area contributed by atoms with E-state index in [-0.39, 0.29) is 0 Å². The highest BCUT2D eigenvalue weighted by Gasteiger charge is 1.89. The van der Waals surface area contributed by atoms with E-state index in [0.717, 1.165) is 12.1 Å². The van der Waals surface area contributed by atoms with Crippen LogP contribution in [0.4, 0.5) is 0 Å². The number of pyridine rings is 1. The second kappa shape index (κ2) is 3.35. The Morgan fingerprint density at radius 3 is 2.80 bits per heavy atom. The quantitative estimate of drug-likeness (QED) is 0.605. The van der Waals surface area contributed by atoms with Gasteiger partial charge in [-0.25, -0.2) is 0 Å². The summed E-state index contributed by atoms with van der Waals surface area (Å²) in [5, 5.41) is 0. The molecule has 0 atom stereocenters. The van der Waals surface area contributed by atoms with Crippen molar-refractivity contribution in [3.8, 4) is 0 Å². The summed E-state index contributed by atoms with van der Waals surface area (Å²) in [6, 6.07) is 4.12. The van der Waals surface area contributed by atoms with Crippen LogP contribution in [0.2, 0.25) is 0 Å². The van der Waals surface area contributed by atoms with Gasteiger partial charge in [-0.15, -0.1) is 0 Å². The number of aryl methyl sites for hydroxylation is 1. The molecule has 0 saturated heterocycles. The first kappa shape index (κ1) is 7.26. The van der Waals surface area contributed by atoms with E-state index in [2.05, 4.69) is 24.4 Å². The summed E-state index contributed by atoms with van der Waals surface area (Å²) in [5.41, 5.74) is 2.29. The Kier molecular flexibility index (Phi) is 2.43. The second-order valence-corrected chi connectivity index (χ2v) is 2.35. The summed E-state index contributed by atoms with van der Waals surface area (Å²) in [4.78, 5) is 4.17. The van der Waals surface area contributed by atoms with Crippen molar-refractivity contribution < 1.29 is 0 Å². The van der Waals surface area contributed by atoms with Crippen molar-refractivity contribution >= 4 is 0 Å². The van der Waals surface area contributed by atoms with E-state index in [1.807, 2.05) is 19.2 Å². The van der Waals surface area contributed by atoms with E-state index in [0.29, 0.717) is 0 Å². The molecular formula is C9H12N. The minimum Gasteiger partial charge on any atom is -0.261 e. The first-order chi connectivity index (χ1) is 4.83. The van der Waals surface area contributed by atoms with Gasteiger partial charge in [0.1, 0.15) is 0 Å². The maximum atomic E-state index is 4.17. The van der Waals surface area contributed by atoms with Crippen LogP contribution in [0.25, 0.3) is 0 Å². The lowest BCUT2D eigenvalue weighted by Gasteiger charge is -1.95. The van der Waals surface area contributed by atoms with Crippen molar-refractivity contribution in [1.82, 2.24) is 4.98 Å². The average molecular weight is 134 g/mol. The van der Waals surface area contributed by atoms with E-state index in [4.69, 9.17) is 0 Å². The van der Waals surface area contributed by atoms with Gasteiger partial charge in [-0.05, 0) is 31.4 Å². The zero-order valence-electron chi connectivity index (χ0n) is 6.46. The van der Waals surface area contributed by atoms with E-state index in [1.54, 1.807) is 0 Å². The largest absolute Gasteiger partial charge is 0.261 e. The molecule has 0 bridgehead atoms. The molecule has 0 amide bonds. The summed E-state index contributed by atoms with van der Waals surface area (Å²) in [7, 11) is 0. The predicted molar refractivity (Wildman–Crippen MR) is 42.7 cm³/mol. The van der Waals surface area contributed by atoms with Gasteiger partial charge < -0.3 is 0 Å². The molecule has 0 aliphatic heterocycles. The lowest BCUT2D eigenvalue weighted by molar-refractivity contribution is 1.09. The van der Waals surface area contributed by atoms with Crippen LogP contribution in [-0.2, 0) is 0 Å². The van der Waals surface area contributed by atoms with E-state index in [9.17, 15) is 0 Å². The van der Waals surface area contributed by atoms with Crippen molar-refractivity contribution in [2.75, 3.05) is 0 Å². The molecule has 0 aliphatic rings. The molecular weight excluding hydrogens is 122 g/mol. The number of rotatable bonds is 2. The Labute approximate surface area is 62.1 Å². The predicted octanol–water partition coefficient (Wildman–Crippen LogP) is 2.35. The van der Waals surface area contributed by atoms with E-state index >= 15 is 0 Å². The number of hydrogen-bond donors (Lipinski definition) is 0. The third-order valence-electron chi connectivity index (χ3n) is 1.37. The molecule has 1 heterocycles. The first-order valence-electron chi connectivity index (χ1n) is 3.59. The molecule has 1 rings (SSSR count). The Hall–Kier alpha value is -0.850. The first-order valence-corrected chi connectivity index (χ1v) is 3.59. The van der Waals surface area contributed by atoms with Crippen molar-refractivity contribution in [3.63, 3.8) is 0 Å². The van der Waals surface area contributed by atoms with Gasteiger partial charge >= 0.3 is 0 Å². The molecule has 1 heteroatoms. The molecule has 0 fully saturated rings. The van der Waals surface area contributed by atoms with Gasteiger partial charge in [0.25, 0.3) is 0 Å². The Bertz CT molecular complexity index is 188. The Morgan fingerprint density at radius 1 is 1.50 bits per heavy atom. The standard InChI is InChI=1S/C9H12N/c1-3-4-9-6-5-8(2)10-7-9/h4-7H,3H2,1-2H3. The van der Waals surface area contributed by atoms with Gasteiger partial charge in [0, 0.05) is 11.9 Å². The third-order valence-corrected chi connectivity index (χ3v) is 1.37. The fourth-order valence-electron chi connectivity index (χ4n) is 0.836. The topological polar surface area (TPSA) is 12.9 Å². The summed E-state index contributed by atoms with van der Waals surface area (Å²) in [6.45, 7) is 4.12. The number of aromatic nitrogens is 1. The average Bonchev–Trinajstić information content (AvgIpc) is 1.95. The van der Waals surface area contributed by atoms with Gasteiger partial charge in [0.05, 0.1) is 0 Å². The van der Waals surface area contributed by atoms with Crippen LogP contribution in [0.15, 0.2) is 18.3 Å².